The van der Waals surface area contributed by atoms with E-state index in [0.29, 0.717) is 12.2 Å². The number of amidine groups is 1. The summed E-state index contributed by atoms with van der Waals surface area (Å²) < 4.78 is 0.953. The second-order valence-electron chi connectivity index (χ2n) is 7.53. The van der Waals surface area contributed by atoms with Gasteiger partial charge in [0.05, 0.1) is 11.7 Å². The van der Waals surface area contributed by atoms with Gasteiger partial charge < -0.3 is 10.0 Å². The predicted molar refractivity (Wildman–Crippen MR) is 119 cm³/mol. The van der Waals surface area contributed by atoms with Gasteiger partial charge in [0.25, 0.3) is 0 Å². The quantitative estimate of drug-likeness (QED) is 0.361. The van der Waals surface area contributed by atoms with Gasteiger partial charge in [0.2, 0.25) is 6.41 Å². The van der Waals surface area contributed by atoms with Gasteiger partial charge in [-0.15, -0.1) is 0 Å². The van der Waals surface area contributed by atoms with E-state index in [2.05, 4.69) is 39.7 Å². The number of benzene rings is 1. The lowest BCUT2D eigenvalue weighted by molar-refractivity contribution is -0.139. The molecule has 8 heteroatoms. The van der Waals surface area contributed by atoms with Crippen LogP contribution in [0.4, 0.5) is 5.69 Å². The van der Waals surface area contributed by atoms with Crippen LogP contribution in [-0.4, -0.2) is 83.8 Å². The molecule has 2 rings (SSSR count). The Bertz CT molecular complexity index is 741. The number of carboxylic acid groups (broad SMARTS) is 1. The Morgan fingerprint density at radius 2 is 2.10 bits per heavy atom. The Kier molecular flexibility index (Phi) is 9.26. The number of hydrogen-bond acceptors (Lipinski definition) is 5. The van der Waals surface area contributed by atoms with E-state index >= 15 is 0 Å². The SMILES string of the molecule is CCCC(C(=Nc1ccc(Br)cc1C)N(C=O)CC(=O)O)N1CCCN(C)CC1. The lowest BCUT2D eigenvalue weighted by atomic mass is 10.1. The number of aryl methyl sites for hydroxylation is 1. The summed E-state index contributed by atoms with van der Waals surface area (Å²) in [7, 11) is 2.11. The molecule has 29 heavy (non-hydrogen) atoms. The van der Waals surface area contributed by atoms with Crippen molar-refractivity contribution in [1.82, 2.24) is 14.7 Å². The summed E-state index contributed by atoms with van der Waals surface area (Å²) >= 11 is 3.46. The number of hydrogen-bond donors (Lipinski definition) is 1. The minimum absolute atomic E-state index is 0.112. The molecule has 7 nitrogen and oxygen atoms in total. The molecule has 1 saturated heterocycles. The topological polar surface area (TPSA) is 76.4 Å². The molecule has 0 spiro atoms. The van der Waals surface area contributed by atoms with Crippen LogP contribution in [0.2, 0.25) is 0 Å². The highest BCUT2D eigenvalue weighted by atomic mass is 79.9. The molecule has 1 atom stereocenters. The third-order valence-corrected chi connectivity index (χ3v) is 5.67. The van der Waals surface area contributed by atoms with Crippen molar-refractivity contribution < 1.29 is 14.7 Å². The molecule has 1 amide bonds. The maximum absolute atomic E-state index is 11.9. The van der Waals surface area contributed by atoms with Gasteiger partial charge in [-0.3, -0.25) is 19.4 Å². The molecule has 1 aliphatic rings. The van der Waals surface area contributed by atoms with Crippen molar-refractivity contribution in [2.75, 3.05) is 39.8 Å². The Balaban J connectivity index is 2.50. The number of aliphatic carboxylic acids is 1. The van der Waals surface area contributed by atoms with Crippen molar-refractivity contribution in [2.45, 2.75) is 39.2 Å². The second-order valence-corrected chi connectivity index (χ2v) is 8.44. The monoisotopic (exact) mass is 466 g/mol. The number of carbonyl (C=O) groups excluding carboxylic acids is 1. The Labute approximate surface area is 181 Å². The largest absolute Gasteiger partial charge is 0.480 e. The van der Waals surface area contributed by atoms with E-state index < -0.39 is 12.5 Å². The number of rotatable bonds is 8. The van der Waals surface area contributed by atoms with Crippen molar-refractivity contribution >= 4 is 39.8 Å². The molecule has 1 unspecified atom stereocenters. The summed E-state index contributed by atoms with van der Waals surface area (Å²) in [6.07, 6.45) is 3.34. The van der Waals surface area contributed by atoms with Crippen LogP contribution in [0, 0.1) is 6.92 Å². The number of carbonyl (C=O) groups is 2. The lowest BCUT2D eigenvalue weighted by Crippen LogP contribution is -2.50. The first-order valence-electron chi connectivity index (χ1n) is 10.1. The molecule has 0 saturated carbocycles. The van der Waals surface area contributed by atoms with Gasteiger partial charge in [-0.2, -0.15) is 0 Å². The van der Waals surface area contributed by atoms with Crippen LogP contribution in [-0.2, 0) is 9.59 Å². The van der Waals surface area contributed by atoms with E-state index in [4.69, 9.17) is 4.99 Å². The summed E-state index contributed by atoms with van der Waals surface area (Å²) in [5.74, 6) is -0.539. The highest BCUT2D eigenvalue weighted by molar-refractivity contribution is 9.10. The minimum atomic E-state index is -1.05. The molecule has 0 bridgehead atoms. The zero-order valence-corrected chi connectivity index (χ0v) is 19.1. The van der Waals surface area contributed by atoms with Crippen molar-refractivity contribution in [2.24, 2.45) is 4.99 Å². The van der Waals surface area contributed by atoms with Crippen LogP contribution in [0.3, 0.4) is 0 Å². The fourth-order valence-electron chi connectivity index (χ4n) is 3.64. The third-order valence-electron chi connectivity index (χ3n) is 5.18. The van der Waals surface area contributed by atoms with E-state index in [1.807, 2.05) is 25.1 Å². The molecular formula is C21H31BrN4O3. The van der Waals surface area contributed by atoms with Crippen LogP contribution in [0.5, 0.6) is 0 Å². The van der Waals surface area contributed by atoms with Crippen molar-refractivity contribution in [3.05, 3.63) is 28.2 Å². The average molecular weight is 467 g/mol. The second kappa shape index (κ2) is 11.4. The molecule has 0 aromatic heterocycles. The normalized spacial score (nSPS) is 17.6. The van der Waals surface area contributed by atoms with Crippen LogP contribution in [0.25, 0.3) is 0 Å². The minimum Gasteiger partial charge on any atom is -0.480 e. The summed E-state index contributed by atoms with van der Waals surface area (Å²) in [5, 5.41) is 9.34. The van der Waals surface area contributed by atoms with Crippen LogP contribution < -0.4 is 0 Å². The number of likely N-dealkylation sites (N-methyl/N-ethyl adjacent to an activating group) is 1. The molecule has 0 radical (unpaired) electrons. The average Bonchev–Trinajstić information content (AvgIpc) is 2.88. The smallest absolute Gasteiger partial charge is 0.323 e. The zero-order valence-electron chi connectivity index (χ0n) is 17.5. The standard InChI is InChI=1S/C21H31BrN4O3/c1-4-6-19(25-10-5-9-24(3)11-12-25)21(26(15-27)14-20(28)29)23-18-8-7-17(22)13-16(18)2/h7-8,13,15,19H,4-6,9-12,14H2,1-3H3,(H,28,29). The van der Waals surface area contributed by atoms with Gasteiger partial charge in [0.15, 0.2) is 0 Å². The Morgan fingerprint density at radius 1 is 1.34 bits per heavy atom. The zero-order chi connectivity index (χ0) is 21.4. The van der Waals surface area contributed by atoms with E-state index in [9.17, 15) is 14.7 Å². The van der Waals surface area contributed by atoms with Crippen LogP contribution >= 0.6 is 15.9 Å². The van der Waals surface area contributed by atoms with Crippen LogP contribution in [0.1, 0.15) is 31.7 Å². The third kappa shape index (κ3) is 6.90. The van der Waals surface area contributed by atoms with Gasteiger partial charge in [-0.05, 0) is 57.1 Å². The predicted octanol–water partition coefficient (Wildman–Crippen LogP) is 3.14. The van der Waals surface area contributed by atoms with Gasteiger partial charge in [-0.1, -0.05) is 29.3 Å². The molecule has 1 aromatic carbocycles. The number of carboxylic acids is 1. The first-order valence-corrected chi connectivity index (χ1v) is 10.9. The molecule has 1 aliphatic heterocycles. The van der Waals surface area contributed by atoms with Crippen molar-refractivity contribution in [3.8, 4) is 0 Å². The maximum atomic E-state index is 11.9. The lowest BCUT2D eigenvalue weighted by Gasteiger charge is -2.34. The van der Waals surface area contributed by atoms with E-state index in [0.717, 1.165) is 61.2 Å². The highest BCUT2D eigenvalue weighted by Crippen LogP contribution is 2.25. The van der Waals surface area contributed by atoms with Crippen molar-refractivity contribution in [1.29, 1.82) is 0 Å². The summed E-state index contributed by atoms with van der Waals surface area (Å²) in [5.41, 5.74) is 1.71. The first kappa shape index (κ1) is 23.5. The van der Waals surface area contributed by atoms with Gasteiger partial charge in [-0.25, -0.2) is 4.99 Å². The molecule has 1 fully saturated rings. The molecule has 1 N–H and O–H groups in total. The Morgan fingerprint density at radius 3 is 2.72 bits per heavy atom. The number of aliphatic imine (C=N–C) groups is 1. The Hall–Kier alpha value is -1.77. The van der Waals surface area contributed by atoms with Crippen LogP contribution in [0.15, 0.2) is 27.7 Å². The van der Waals surface area contributed by atoms with Gasteiger partial charge >= 0.3 is 5.97 Å². The molecular weight excluding hydrogens is 436 g/mol. The number of nitrogens with zero attached hydrogens (tertiary/aromatic N) is 4. The molecule has 0 aliphatic carbocycles. The number of amides is 1. The van der Waals surface area contributed by atoms with E-state index in [-0.39, 0.29) is 6.04 Å². The van der Waals surface area contributed by atoms with Gasteiger partial charge in [0, 0.05) is 24.1 Å². The summed E-state index contributed by atoms with van der Waals surface area (Å²) in [6, 6.07) is 5.65. The number of halogens is 1. The maximum Gasteiger partial charge on any atom is 0.323 e. The first-order chi connectivity index (χ1) is 13.8. The summed E-state index contributed by atoms with van der Waals surface area (Å²) in [4.78, 5) is 34.0. The summed E-state index contributed by atoms with van der Waals surface area (Å²) in [6.45, 7) is 7.38. The molecule has 1 aromatic rings. The van der Waals surface area contributed by atoms with E-state index in [1.54, 1.807) is 0 Å². The fourth-order valence-corrected chi connectivity index (χ4v) is 4.12. The van der Waals surface area contributed by atoms with E-state index in [1.165, 1.54) is 4.90 Å². The molecule has 160 valence electrons. The fraction of sp³-hybridized carbons (Fsp3) is 0.571. The molecule has 1 heterocycles. The van der Waals surface area contributed by atoms with Crippen molar-refractivity contribution in [3.63, 3.8) is 0 Å². The van der Waals surface area contributed by atoms with Gasteiger partial charge in [0.1, 0.15) is 12.4 Å². The highest BCUT2D eigenvalue weighted by Gasteiger charge is 2.29.